The second-order valence-electron chi connectivity index (χ2n) is 5.61. The van der Waals surface area contributed by atoms with Crippen LogP contribution in [0.4, 0.5) is 5.69 Å². The number of nitrogens with zero attached hydrogens (tertiary/aromatic N) is 2. The Morgan fingerprint density at radius 1 is 1.32 bits per heavy atom. The van der Waals surface area contributed by atoms with Crippen molar-refractivity contribution in [1.29, 1.82) is 0 Å². The zero-order valence-corrected chi connectivity index (χ0v) is 15.0. The van der Waals surface area contributed by atoms with Gasteiger partial charge in [-0.25, -0.2) is 13.4 Å². The number of sulfonamides is 1. The zero-order chi connectivity index (χ0) is 18.6. The minimum absolute atomic E-state index is 0.0281. The highest BCUT2D eigenvalue weighted by Crippen LogP contribution is 2.20. The normalized spacial score (nSPS) is 12.4. The number of anilines is 1. The van der Waals surface area contributed by atoms with Gasteiger partial charge in [-0.1, -0.05) is 18.2 Å². The van der Waals surface area contributed by atoms with Crippen LogP contribution in [-0.2, 0) is 21.4 Å². The van der Waals surface area contributed by atoms with Crippen molar-refractivity contribution in [2.75, 3.05) is 10.6 Å². The van der Waals surface area contributed by atoms with Gasteiger partial charge >= 0.3 is 0 Å². The molecular weight excluding hydrogens is 344 g/mol. The van der Waals surface area contributed by atoms with Gasteiger partial charge in [-0.05, 0) is 26.0 Å². The lowest BCUT2D eigenvalue weighted by Gasteiger charge is -2.28. The molecule has 0 spiro atoms. The van der Waals surface area contributed by atoms with E-state index in [0.29, 0.717) is 17.2 Å². The van der Waals surface area contributed by atoms with Crippen LogP contribution in [-0.4, -0.2) is 36.6 Å². The molecule has 2 rings (SSSR count). The molecule has 1 atom stereocenters. The predicted octanol–water partition coefficient (Wildman–Crippen LogP) is 0.549. The number of H-pyrrole nitrogens is 1. The van der Waals surface area contributed by atoms with E-state index >= 15 is 0 Å². The largest absolute Gasteiger partial charge is 0.349 e. The van der Waals surface area contributed by atoms with Crippen molar-refractivity contribution in [2.24, 2.45) is 0 Å². The molecule has 1 amide bonds. The Balaban J connectivity index is 2.17. The monoisotopic (exact) mass is 364 g/mol. The van der Waals surface area contributed by atoms with E-state index in [4.69, 9.17) is 0 Å². The summed E-state index contributed by atoms with van der Waals surface area (Å²) in [4.78, 5) is 30.5. The number of carbonyl (C=O) groups excluding carboxylic acids is 1. The number of aromatic amines is 1. The summed E-state index contributed by atoms with van der Waals surface area (Å²) in [5.74, 6) is -0.0548. The fraction of sp³-hybridized carbons (Fsp3) is 0.312. The first-order valence-electron chi connectivity index (χ1n) is 7.57. The molecule has 25 heavy (non-hydrogen) atoms. The highest BCUT2D eigenvalue weighted by atomic mass is 32.2. The Bertz CT molecular complexity index is 909. The van der Waals surface area contributed by atoms with Gasteiger partial charge in [0.15, 0.2) is 0 Å². The molecule has 0 aliphatic rings. The highest BCUT2D eigenvalue weighted by Gasteiger charge is 2.28. The fourth-order valence-corrected chi connectivity index (χ4v) is 3.62. The molecule has 1 aromatic carbocycles. The van der Waals surface area contributed by atoms with Crippen LogP contribution in [0.3, 0.4) is 0 Å². The summed E-state index contributed by atoms with van der Waals surface area (Å²) < 4.78 is 25.3. The standard InChI is InChI=1S/C16H20N4O4S/c1-11(20(25(3,23)24)14-7-5-4-6-8-14)16(22)17-10-13-9-15(21)19-12(2)18-13/h4-9,11H,10H2,1-3H3,(H,17,22)(H,18,19,21)/t11-/m0/s1. The molecule has 134 valence electrons. The number of amides is 1. The van der Waals surface area contributed by atoms with Crippen molar-refractivity contribution < 1.29 is 13.2 Å². The van der Waals surface area contributed by atoms with E-state index in [-0.39, 0.29) is 12.1 Å². The van der Waals surface area contributed by atoms with Crippen LogP contribution in [0.1, 0.15) is 18.4 Å². The first-order valence-corrected chi connectivity index (χ1v) is 9.42. The van der Waals surface area contributed by atoms with Gasteiger partial charge in [0.05, 0.1) is 24.2 Å². The number of hydrogen-bond donors (Lipinski definition) is 2. The molecule has 0 aliphatic carbocycles. The third-order valence-electron chi connectivity index (χ3n) is 3.46. The molecule has 9 heteroatoms. The summed E-state index contributed by atoms with van der Waals surface area (Å²) in [6.45, 7) is 3.16. The van der Waals surface area contributed by atoms with Crippen LogP contribution in [0.15, 0.2) is 41.2 Å². The maximum atomic E-state index is 12.4. The number of rotatable bonds is 6. The molecule has 8 nitrogen and oxygen atoms in total. The van der Waals surface area contributed by atoms with Crippen LogP contribution < -0.4 is 15.2 Å². The Labute approximate surface area is 146 Å². The van der Waals surface area contributed by atoms with E-state index in [1.807, 2.05) is 0 Å². The first kappa shape index (κ1) is 18.7. The van der Waals surface area contributed by atoms with E-state index in [2.05, 4.69) is 15.3 Å². The molecule has 0 saturated carbocycles. The van der Waals surface area contributed by atoms with Gasteiger partial charge in [0.2, 0.25) is 15.9 Å². The number of benzene rings is 1. The quantitative estimate of drug-likeness (QED) is 0.777. The fourth-order valence-electron chi connectivity index (χ4n) is 2.44. The summed E-state index contributed by atoms with van der Waals surface area (Å²) in [7, 11) is -3.66. The Morgan fingerprint density at radius 3 is 2.52 bits per heavy atom. The summed E-state index contributed by atoms with van der Waals surface area (Å²) in [5, 5.41) is 2.62. The van der Waals surface area contributed by atoms with Crippen molar-refractivity contribution in [3.63, 3.8) is 0 Å². The summed E-state index contributed by atoms with van der Waals surface area (Å²) in [5.41, 5.74) is 0.483. The summed E-state index contributed by atoms with van der Waals surface area (Å²) >= 11 is 0. The molecule has 0 aliphatic heterocycles. The van der Waals surface area contributed by atoms with Crippen molar-refractivity contribution in [3.05, 3.63) is 58.3 Å². The number of aromatic nitrogens is 2. The molecule has 1 heterocycles. The Morgan fingerprint density at radius 2 is 1.96 bits per heavy atom. The van der Waals surface area contributed by atoms with Gasteiger partial charge < -0.3 is 10.3 Å². The lowest BCUT2D eigenvalue weighted by Crippen LogP contribution is -2.47. The first-order chi connectivity index (χ1) is 11.7. The molecule has 2 aromatic rings. The maximum Gasteiger partial charge on any atom is 0.251 e. The van der Waals surface area contributed by atoms with Gasteiger partial charge in [-0.15, -0.1) is 0 Å². The summed E-state index contributed by atoms with van der Waals surface area (Å²) in [6.07, 6.45) is 1.05. The van der Waals surface area contributed by atoms with Crippen molar-refractivity contribution in [1.82, 2.24) is 15.3 Å². The third kappa shape index (κ3) is 4.90. The molecule has 2 N–H and O–H groups in total. The number of nitrogens with one attached hydrogen (secondary N) is 2. The van der Waals surface area contributed by atoms with Crippen molar-refractivity contribution >= 4 is 21.6 Å². The molecule has 0 unspecified atom stereocenters. The lowest BCUT2D eigenvalue weighted by atomic mass is 10.2. The maximum absolute atomic E-state index is 12.4. The van der Waals surface area contributed by atoms with E-state index in [9.17, 15) is 18.0 Å². The number of para-hydroxylation sites is 1. The Kier molecular flexibility index (Phi) is 5.58. The van der Waals surface area contributed by atoms with Crippen LogP contribution in [0.2, 0.25) is 0 Å². The molecule has 0 radical (unpaired) electrons. The van der Waals surface area contributed by atoms with Crippen LogP contribution in [0.25, 0.3) is 0 Å². The minimum Gasteiger partial charge on any atom is -0.349 e. The van der Waals surface area contributed by atoms with Crippen molar-refractivity contribution in [3.8, 4) is 0 Å². The average Bonchev–Trinajstić information content (AvgIpc) is 2.51. The smallest absolute Gasteiger partial charge is 0.251 e. The summed E-state index contributed by atoms with van der Waals surface area (Å²) in [6, 6.07) is 8.71. The van der Waals surface area contributed by atoms with Gasteiger partial charge in [0, 0.05) is 6.07 Å². The Hall–Kier alpha value is -2.68. The van der Waals surface area contributed by atoms with Crippen molar-refractivity contribution in [2.45, 2.75) is 26.4 Å². The van der Waals surface area contributed by atoms with Crippen LogP contribution in [0, 0.1) is 6.92 Å². The topological polar surface area (TPSA) is 112 Å². The molecule has 0 fully saturated rings. The third-order valence-corrected chi connectivity index (χ3v) is 4.70. The highest BCUT2D eigenvalue weighted by molar-refractivity contribution is 7.92. The minimum atomic E-state index is -3.66. The number of aryl methyl sites for hydroxylation is 1. The lowest BCUT2D eigenvalue weighted by molar-refractivity contribution is -0.122. The van der Waals surface area contributed by atoms with E-state index < -0.39 is 22.0 Å². The molecule has 1 aromatic heterocycles. The van der Waals surface area contributed by atoms with E-state index in [1.165, 1.54) is 13.0 Å². The van der Waals surface area contributed by atoms with Gasteiger partial charge in [-0.2, -0.15) is 0 Å². The SMILES string of the molecule is Cc1nc(CNC(=O)[C@H](C)N(c2ccccc2)S(C)(=O)=O)cc(=O)[nH]1. The second kappa shape index (κ2) is 7.47. The van der Waals surface area contributed by atoms with Crippen LogP contribution in [0.5, 0.6) is 0 Å². The van der Waals surface area contributed by atoms with Gasteiger partial charge in [-0.3, -0.25) is 13.9 Å². The molecule has 0 saturated heterocycles. The van der Waals surface area contributed by atoms with E-state index in [1.54, 1.807) is 37.3 Å². The average molecular weight is 364 g/mol. The van der Waals surface area contributed by atoms with Crippen LogP contribution >= 0.6 is 0 Å². The molecule has 0 bridgehead atoms. The van der Waals surface area contributed by atoms with Gasteiger partial charge in [0.25, 0.3) is 5.56 Å². The second-order valence-corrected chi connectivity index (χ2v) is 7.47. The molecular formula is C16H20N4O4S. The van der Waals surface area contributed by atoms with Gasteiger partial charge in [0.1, 0.15) is 11.9 Å². The predicted molar refractivity (Wildman–Crippen MR) is 94.7 cm³/mol. The zero-order valence-electron chi connectivity index (χ0n) is 14.2. The van der Waals surface area contributed by atoms with E-state index in [0.717, 1.165) is 10.6 Å². The number of carbonyl (C=O) groups is 1. The number of hydrogen-bond acceptors (Lipinski definition) is 5.